The highest BCUT2D eigenvalue weighted by Gasteiger charge is 2.48. The van der Waals surface area contributed by atoms with Crippen molar-refractivity contribution in [3.63, 3.8) is 0 Å². The van der Waals surface area contributed by atoms with Crippen molar-refractivity contribution in [3.8, 4) is 0 Å². The average Bonchev–Trinajstić information content (AvgIpc) is 2.22. The number of hydrogen-bond acceptors (Lipinski definition) is 0. The Hall–Kier alpha value is 0. The average molecular weight is 210 g/mol. The number of hydrogen-bond donors (Lipinski definition) is 0. The van der Waals surface area contributed by atoms with E-state index in [0.717, 1.165) is 17.8 Å². The van der Waals surface area contributed by atoms with Crippen molar-refractivity contribution in [1.29, 1.82) is 0 Å². The molecule has 0 saturated heterocycles. The minimum Gasteiger partial charge on any atom is -0.0654 e. The first-order chi connectivity index (χ1) is 7.05. The molecular formula is C15H30. The van der Waals surface area contributed by atoms with Gasteiger partial charge < -0.3 is 0 Å². The summed E-state index contributed by atoms with van der Waals surface area (Å²) in [5, 5.41) is 0. The largest absolute Gasteiger partial charge is 0.0654 e. The van der Waals surface area contributed by atoms with Crippen LogP contribution in [0, 0.1) is 23.2 Å². The first kappa shape index (κ1) is 13.1. The second-order valence-electron chi connectivity index (χ2n) is 6.18. The standard InChI is InChI=1S/C15H30/c1-6-8-9-12(3)14-11-15(5,10-7-2)13(14)4/h12-14H,6-11H2,1-5H3. The highest BCUT2D eigenvalue weighted by Crippen LogP contribution is 2.56. The highest BCUT2D eigenvalue weighted by atomic mass is 14.5. The lowest BCUT2D eigenvalue weighted by Crippen LogP contribution is -2.46. The van der Waals surface area contributed by atoms with Crippen molar-refractivity contribution < 1.29 is 0 Å². The van der Waals surface area contributed by atoms with E-state index >= 15 is 0 Å². The van der Waals surface area contributed by atoms with Gasteiger partial charge in [0.2, 0.25) is 0 Å². The van der Waals surface area contributed by atoms with Crippen LogP contribution in [0.25, 0.3) is 0 Å². The Morgan fingerprint density at radius 1 is 1.27 bits per heavy atom. The summed E-state index contributed by atoms with van der Waals surface area (Å²) in [7, 11) is 0. The molecule has 1 aliphatic carbocycles. The molecule has 0 heteroatoms. The summed E-state index contributed by atoms with van der Waals surface area (Å²) >= 11 is 0. The Balaban J connectivity index is 2.36. The SMILES string of the molecule is CCCCC(C)C1CC(C)(CCC)C1C. The maximum atomic E-state index is 2.50. The molecule has 0 spiro atoms. The maximum Gasteiger partial charge on any atom is -0.0295 e. The Labute approximate surface area is 96.8 Å². The van der Waals surface area contributed by atoms with Gasteiger partial charge in [0.05, 0.1) is 0 Å². The molecule has 4 atom stereocenters. The van der Waals surface area contributed by atoms with Gasteiger partial charge in [0, 0.05) is 0 Å². The van der Waals surface area contributed by atoms with E-state index in [-0.39, 0.29) is 0 Å². The maximum absolute atomic E-state index is 2.50. The summed E-state index contributed by atoms with van der Waals surface area (Å²) in [6.45, 7) is 12.1. The Bertz CT molecular complexity index is 184. The summed E-state index contributed by atoms with van der Waals surface area (Å²) in [4.78, 5) is 0. The van der Waals surface area contributed by atoms with Crippen LogP contribution in [-0.2, 0) is 0 Å². The van der Waals surface area contributed by atoms with Gasteiger partial charge in [-0.25, -0.2) is 0 Å². The predicted octanol–water partition coefficient (Wildman–Crippen LogP) is 5.28. The summed E-state index contributed by atoms with van der Waals surface area (Å²) in [6.07, 6.45) is 8.52. The Morgan fingerprint density at radius 2 is 1.93 bits per heavy atom. The van der Waals surface area contributed by atoms with Gasteiger partial charge in [0.25, 0.3) is 0 Å². The first-order valence-electron chi connectivity index (χ1n) is 7.05. The third-order valence-corrected chi connectivity index (χ3v) is 5.01. The molecule has 15 heavy (non-hydrogen) atoms. The van der Waals surface area contributed by atoms with Crippen molar-refractivity contribution in [2.24, 2.45) is 23.2 Å². The molecule has 1 aliphatic rings. The van der Waals surface area contributed by atoms with Gasteiger partial charge in [-0.3, -0.25) is 0 Å². The van der Waals surface area contributed by atoms with Crippen LogP contribution in [0.2, 0.25) is 0 Å². The molecule has 0 aromatic heterocycles. The van der Waals surface area contributed by atoms with Crippen LogP contribution in [0.3, 0.4) is 0 Å². The molecule has 1 fully saturated rings. The molecule has 0 amide bonds. The van der Waals surface area contributed by atoms with Gasteiger partial charge in [-0.05, 0) is 36.0 Å². The van der Waals surface area contributed by atoms with Crippen LogP contribution in [-0.4, -0.2) is 0 Å². The van der Waals surface area contributed by atoms with E-state index < -0.39 is 0 Å². The summed E-state index contributed by atoms with van der Waals surface area (Å²) in [5.41, 5.74) is 0.680. The van der Waals surface area contributed by atoms with E-state index in [0.29, 0.717) is 5.41 Å². The van der Waals surface area contributed by atoms with Crippen molar-refractivity contribution in [2.45, 2.75) is 73.1 Å². The van der Waals surface area contributed by atoms with Crippen molar-refractivity contribution in [3.05, 3.63) is 0 Å². The molecule has 1 rings (SSSR count). The smallest absolute Gasteiger partial charge is 0.0295 e. The van der Waals surface area contributed by atoms with Crippen molar-refractivity contribution >= 4 is 0 Å². The van der Waals surface area contributed by atoms with Crippen LogP contribution in [0.15, 0.2) is 0 Å². The molecule has 0 bridgehead atoms. The van der Waals surface area contributed by atoms with Gasteiger partial charge >= 0.3 is 0 Å². The lowest BCUT2D eigenvalue weighted by atomic mass is 9.50. The van der Waals surface area contributed by atoms with E-state index in [1.165, 1.54) is 38.5 Å². The third kappa shape index (κ3) is 2.77. The van der Waals surface area contributed by atoms with Gasteiger partial charge in [-0.15, -0.1) is 0 Å². The minimum absolute atomic E-state index is 0.680. The molecule has 0 aromatic rings. The zero-order valence-corrected chi connectivity index (χ0v) is 11.5. The first-order valence-corrected chi connectivity index (χ1v) is 7.05. The fourth-order valence-corrected chi connectivity index (χ4v) is 3.59. The molecule has 1 saturated carbocycles. The van der Waals surface area contributed by atoms with Crippen LogP contribution in [0.1, 0.15) is 73.1 Å². The molecular weight excluding hydrogens is 180 g/mol. The lowest BCUT2D eigenvalue weighted by Gasteiger charge is -2.55. The van der Waals surface area contributed by atoms with Crippen molar-refractivity contribution in [2.75, 3.05) is 0 Å². The van der Waals surface area contributed by atoms with Gasteiger partial charge in [-0.1, -0.05) is 60.3 Å². The zero-order chi connectivity index (χ0) is 11.5. The van der Waals surface area contributed by atoms with Gasteiger partial charge in [0.15, 0.2) is 0 Å². The van der Waals surface area contributed by atoms with Crippen LogP contribution < -0.4 is 0 Å². The van der Waals surface area contributed by atoms with E-state index in [1.807, 2.05) is 0 Å². The molecule has 90 valence electrons. The molecule has 0 radical (unpaired) electrons. The van der Waals surface area contributed by atoms with Gasteiger partial charge in [0.1, 0.15) is 0 Å². The molecule has 0 aromatic carbocycles. The molecule has 4 unspecified atom stereocenters. The fourth-order valence-electron chi connectivity index (χ4n) is 3.59. The molecule has 0 heterocycles. The predicted molar refractivity (Wildman–Crippen MR) is 69.0 cm³/mol. The quantitative estimate of drug-likeness (QED) is 0.560. The van der Waals surface area contributed by atoms with Crippen molar-refractivity contribution in [1.82, 2.24) is 0 Å². The number of rotatable bonds is 6. The zero-order valence-electron chi connectivity index (χ0n) is 11.5. The van der Waals surface area contributed by atoms with Crippen LogP contribution >= 0.6 is 0 Å². The molecule has 0 N–H and O–H groups in total. The summed E-state index contributed by atoms with van der Waals surface area (Å²) < 4.78 is 0. The van der Waals surface area contributed by atoms with E-state index in [4.69, 9.17) is 0 Å². The van der Waals surface area contributed by atoms with E-state index in [2.05, 4.69) is 34.6 Å². The van der Waals surface area contributed by atoms with E-state index in [9.17, 15) is 0 Å². The Kier molecular flexibility index (Phi) is 4.67. The summed E-state index contributed by atoms with van der Waals surface area (Å²) in [6, 6.07) is 0. The topological polar surface area (TPSA) is 0 Å². The van der Waals surface area contributed by atoms with Crippen LogP contribution in [0.5, 0.6) is 0 Å². The van der Waals surface area contributed by atoms with Gasteiger partial charge in [-0.2, -0.15) is 0 Å². The second-order valence-corrected chi connectivity index (χ2v) is 6.18. The minimum atomic E-state index is 0.680. The van der Waals surface area contributed by atoms with E-state index in [1.54, 1.807) is 0 Å². The normalized spacial score (nSPS) is 37.4. The van der Waals surface area contributed by atoms with Crippen LogP contribution in [0.4, 0.5) is 0 Å². The molecule has 0 nitrogen and oxygen atoms in total. The highest BCUT2D eigenvalue weighted by molar-refractivity contribution is 4.97. The lowest BCUT2D eigenvalue weighted by molar-refractivity contribution is -0.0534. The molecule has 0 aliphatic heterocycles. The fraction of sp³-hybridized carbons (Fsp3) is 1.00. The Morgan fingerprint density at radius 3 is 2.40 bits per heavy atom. The second kappa shape index (κ2) is 5.37. The third-order valence-electron chi connectivity index (χ3n) is 5.01. The summed E-state index contributed by atoms with van der Waals surface area (Å²) in [5.74, 6) is 2.95. The monoisotopic (exact) mass is 210 g/mol. The number of unbranched alkanes of at least 4 members (excludes halogenated alkanes) is 1.